The fourth-order valence-electron chi connectivity index (χ4n) is 2.73. The monoisotopic (exact) mass is 332 g/mol. The molecular formula is C17H18F2N4O. The first kappa shape index (κ1) is 16.3. The van der Waals surface area contributed by atoms with E-state index in [2.05, 4.69) is 20.6 Å². The van der Waals surface area contributed by atoms with E-state index in [9.17, 15) is 13.6 Å². The molecule has 0 unspecified atom stereocenters. The number of anilines is 2. The van der Waals surface area contributed by atoms with Crippen LogP contribution in [0.25, 0.3) is 0 Å². The van der Waals surface area contributed by atoms with Gasteiger partial charge in [0.05, 0.1) is 5.56 Å². The summed E-state index contributed by atoms with van der Waals surface area (Å²) in [7, 11) is 0. The van der Waals surface area contributed by atoms with Crippen LogP contribution in [0.4, 0.5) is 20.4 Å². The highest BCUT2D eigenvalue weighted by Gasteiger charge is 2.17. The van der Waals surface area contributed by atoms with Crippen molar-refractivity contribution in [3.8, 4) is 0 Å². The summed E-state index contributed by atoms with van der Waals surface area (Å²) in [5.41, 5.74) is 0.699. The van der Waals surface area contributed by atoms with Crippen molar-refractivity contribution in [1.82, 2.24) is 15.3 Å². The molecule has 5 nitrogen and oxygen atoms in total. The van der Waals surface area contributed by atoms with Gasteiger partial charge in [0, 0.05) is 30.2 Å². The maximum Gasteiger partial charge on any atom is 0.254 e. The molecule has 1 aromatic heterocycles. The summed E-state index contributed by atoms with van der Waals surface area (Å²) in [6, 6.07) is 3.63. The molecular weight excluding hydrogens is 314 g/mol. The molecule has 2 aromatic rings. The summed E-state index contributed by atoms with van der Waals surface area (Å²) >= 11 is 0. The minimum absolute atomic E-state index is 0.193. The van der Waals surface area contributed by atoms with Gasteiger partial charge in [-0.05, 0) is 25.0 Å². The van der Waals surface area contributed by atoms with Gasteiger partial charge in [-0.25, -0.2) is 18.7 Å². The SMILES string of the molecule is O=C(NC1CCCCC1)c1cnc(Nc2ccc(F)c(F)c2)nc1. The number of carbonyl (C=O) groups excluding carboxylic acids is 1. The van der Waals surface area contributed by atoms with Gasteiger partial charge in [0.2, 0.25) is 5.95 Å². The second-order valence-corrected chi connectivity index (χ2v) is 5.86. The molecule has 0 bridgehead atoms. The Kier molecular flexibility index (Phi) is 4.98. The number of halogens is 2. The van der Waals surface area contributed by atoms with E-state index in [1.807, 2.05) is 0 Å². The zero-order valence-corrected chi connectivity index (χ0v) is 13.1. The van der Waals surface area contributed by atoms with Crippen LogP contribution in [0.5, 0.6) is 0 Å². The van der Waals surface area contributed by atoms with E-state index in [4.69, 9.17) is 0 Å². The number of nitrogens with one attached hydrogen (secondary N) is 2. The van der Waals surface area contributed by atoms with Crippen molar-refractivity contribution in [1.29, 1.82) is 0 Å². The number of nitrogens with zero attached hydrogens (tertiary/aromatic N) is 2. The Labute approximate surface area is 138 Å². The Balaban J connectivity index is 1.61. The average molecular weight is 332 g/mol. The molecule has 0 saturated heterocycles. The first-order valence-electron chi connectivity index (χ1n) is 7.97. The molecule has 1 aliphatic carbocycles. The third-order valence-electron chi connectivity index (χ3n) is 4.03. The molecule has 1 saturated carbocycles. The van der Waals surface area contributed by atoms with Gasteiger partial charge >= 0.3 is 0 Å². The van der Waals surface area contributed by atoms with E-state index in [0.717, 1.165) is 37.8 Å². The lowest BCUT2D eigenvalue weighted by molar-refractivity contribution is 0.0927. The molecule has 0 atom stereocenters. The zero-order valence-electron chi connectivity index (χ0n) is 13.1. The standard InChI is InChI=1S/C17H18F2N4O/c18-14-7-6-13(8-15(14)19)23-17-20-9-11(10-21-17)16(24)22-12-4-2-1-3-5-12/h6-10,12H,1-5H2,(H,22,24)(H,20,21,23). The topological polar surface area (TPSA) is 66.9 Å². The average Bonchev–Trinajstić information content (AvgIpc) is 2.60. The van der Waals surface area contributed by atoms with Crippen LogP contribution in [0.3, 0.4) is 0 Å². The van der Waals surface area contributed by atoms with Crippen LogP contribution in [0, 0.1) is 11.6 Å². The van der Waals surface area contributed by atoms with Gasteiger partial charge < -0.3 is 10.6 Å². The molecule has 1 amide bonds. The smallest absolute Gasteiger partial charge is 0.254 e. The van der Waals surface area contributed by atoms with E-state index in [1.54, 1.807) is 0 Å². The molecule has 1 heterocycles. The molecule has 1 aliphatic rings. The first-order chi connectivity index (χ1) is 11.6. The predicted octanol–water partition coefficient (Wildman–Crippen LogP) is 3.56. The number of benzene rings is 1. The number of rotatable bonds is 4. The largest absolute Gasteiger partial charge is 0.349 e. The summed E-state index contributed by atoms with van der Waals surface area (Å²) < 4.78 is 26.1. The molecule has 126 valence electrons. The normalized spacial score (nSPS) is 15.1. The summed E-state index contributed by atoms with van der Waals surface area (Å²) in [4.78, 5) is 20.2. The lowest BCUT2D eigenvalue weighted by Crippen LogP contribution is -2.36. The van der Waals surface area contributed by atoms with E-state index >= 15 is 0 Å². The predicted molar refractivity (Wildman–Crippen MR) is 86.0 cm³/mol. The fourth-order valence-corrected chi connectivity index (χ4v) is 2.73. The van der Waals surface area contributed by atoms with Crippen LogP contribution in [-0.4, -0.2) is 21.9 Å². The maximum atomic E-state index is 13.2. The summed E-state index contributed by atoms with van der Waals surface area (Å²) in [5.74, 6) is -1.86. The third-order valence-corrected chi connectivity index (χ3v) is 4.03. The number of hydrogen-bond acceptors (Lipinski definition) is 4. The first-order valence-corrected chi connectivity index (χ1v) is 7.97. The lowest BCUT2D eigenvalue weighted by Gasteiger charge is -2.22. The molecule has 0 spiro atoms. The highest BCUT2D eigenvalue weighted by molar-refractivity contribution is 5.93. The van der Waals surface area contributed by atoms with E-state index < -0.39 is 11.6 Å². The van der Waals surface area contributed by atoms with E-state index in [0.29, 0.717) is 11.3 Å². The van der Waals surface area contributed by atoms with Crippen molar-refractivity contribution >= 4 is 17.5 Å². The van der Waals surface area contributed by atoms with Crippen molar-refractivity contribution in [2.45, 2.75) is 38.1 Å². The van der Waals surface area contributed by atoms with Crippen LogP contribution >= 0.6 is 0 Å². The van der Waals surface area contributed by atoms with Crippen LogP contribution in [0.2, 0.25) is 0 Å². The Bertz CT molecular complexity index is 715. The van der Waals surface area contributed by atoms with Crippen LogP contribution < -0.4 is 10.6 Å². The minimum atomic E-state index is -0.955. The number of carbonyl (C=O) groups is 1. The molecule has 3 rings (SSSR count). The van der Waals surface area contributed by atoms with Crippen molar-refractivity contribution in [3.05, 3.63) is 47.8 Å². The zero-order chi connectivity index (χ0) is 16.9. The molecule has 1 aromatic carbocycles. The lowest BCUT2D eigenvalue weighted by atomic mass is 9.95. The fraction of sp³-hybridized carbons (Fsp3) is 0.353. The van der Waals surface area contributed by atoms with E-state index in [-0.39, 0.29) is 17.9 Å². The Morgan fingerprint density at radius 2 is 1.75 bits per heavy atom. The van der Waals surface area contributed by atoms with Gasteiger partial charge in [-0.2, -0.15) is 0 Å². The van der Waals surface area contributed by atoms with Crippen molar-refractivity contribution in [3.63, 3.8) is 0 Å². The van der Waals surface area contributed by atoms with Crippen molar-refractivity contribution in [2.75, 3.05) is 5.32 Å². The molecule has 2 N–H and O–H groups in total. The van der Waals surface area contributed by atoms with Crippen LogP contribution in [0.1, 0.15) is 42.5 Å². The van der Waals surface area contributed by atoms with Gasteiger partial charge in [0.15, 0.2) is 11.6 Å². The molecule has 0 radical (unpaired) electrons. The molecule has 7 heteroatoms. The number of aromatic nitrogens is 2. The van der Waals surface area contributed by atoms with Gasteiger partial charge in [-0.1, -0.05) is 19.3 Å². The van der Waals surface area contributed by atoms with Crippen LogP contribution in [-0.2, 0) is 0 Å². The Morgan fingerprint density at radius 3 is 2.42 bits per heavy atom. The minimum Gasteiger partial charge on any atom is -0.349 e. The van der Waals surface area contributed by atoms with Crippen molar-refractivity contribution in [2.24, 2.45) is 0 Å². The van der Waals surface area contributed by atoms with Crippen LogP contribution in [0.15, 0.2) is 30.6 Å². The number of hydrogen-bond donors (Lipinski definition) is 2. The van der Waals surface area contributed by atoms with E-state index in [1.165, 1.54) is 24.9 Å². The second kappa shape index (κ2) is 7.33. The van der Waals surface area contributed by atoms with Gasteiger partial charge in [-0.3, -0.25) is 4.79 Å². The molecule has 24 heavy (non-hydrogen) atoms. The van der Waals surface area contributed by atoms with Gasteiger partial charge in [-0.15, -0.1) is 0 Å². The summed E-state index contributed by atoms with van der Waals surface area (Å²) in [6.07, 6.45) is 8.32. The highest BCUT2D eigenvalue weighted by Crippen LogP contribution is 2.18. The van der Waals surface area contributed by atoms with Gasteiger partial charge in [0.25, 0.3) is 5.91 Å². The highest BCUT2D eigenvalue weighted by atomic mass is 19.2. The third kappa shape index (κ3) is 4.04. The Hall–Kier alpha value is -2.57. The summed E-state index contributed by atoms with van der Waals surface area (Å²) in [5, 5.41) is 5.75. The second-order valence-electron chi connectivity index (χ2n) is 5.86. The maximum absolute atomic E-state index is 13.2. The molecule has 0 aliphatic heterocycles. The van der Waals surface area contributed by atoms with Crippen molar-refractivity contribution < 1.29 is 13.6 Å². The van der Waals surface area contributed by atoms with Gasteiger partial charge in [0.1, 0.15) is 0 Å². The quantitative estimate of drug-likeness (QED) is 0.898. The molecule has 1 fully saturated rings. The number of amides is 1. The Morgan fingerprint density at radius 1 is 1.04 bits per heavy atom. The summed E-state index contributed by atoms with van der Waals surface area (Å²) in [6.45, 7) is 0.